The van der Waals surface area contributed by atoms with Gasteiger partial charge in [-0.25, -0.2) is 8.42 Å². The first-order valence-corrected chi connectivity index (χ1v) is 24.2. The summed E-state index contributed by atoms with van der Waals surface area (Å²) < 4.78 is 35.8. The van der Waals surface area contributed by atoms with Gasteiger partial charge in [0.15, 0.2) is 11.5 Å². The Morgan fingerprint density at radius 3 is 1.43 bits per heavy atom. The van der Waals surface area contributed by atoms with Crippen LogP contribution in [0.15, 0.2) is 148 Å². The summed E-state index contributed by atoms with van der Waals surface area (Å²) in [7, 11) is -3.57. The van der Waals surface area contributed by atoms with Gasteiger partial charge in [0.1, 0.15) is 11.6 Å². The third-order valence-electron chi connectivity index (χ3n) is 10.5. The summed E-state index contributed by atoms with van der Waals surface area (Å²) in [5.74, 6) is 2.80. The Morgan fingerprint density at radius 2 is 0.986 bits per heavy atom. The third kappa shape index (κ3) is 13.4. The van der Waals surface area contributed by atoms with Gasteiger partial charge in [-0.05, 0) is 101 Å². The van der Waals surface area contributed by atoms with Gasteiger partial charge in [0.25, 0.3) is 16.7 Å². The molecule has 10 rings (SSSR count). The molecule has 0 saturated carbocycles. The molecule has 0 aliphatic heterocycles. The Kier molecular flexibility index (Phi) is 15.8. The number of furan rings is 2. The van der Waals surface area contributed by atoms with Gasteiger partial charge in [-0.15, -0.1) is 10.2 Å². The zero-order chi connectivity index (χ0) is 50.5. The second-order valence-corrected chi connectivity index (χ2v) is 18.0. The summed E-state index contributed by atoms with van der Waals surface area (Å²) in [5.41, 5.74) is 23.6. The fourth-order valence-electron chi connectivity index (χ4n) is 7.03. The van der Waals surface area contributed by atoms with Crippen LogP contribution in [-0.2, 0) is 58.0 Å². The molecule has 0 fully saturated rings. The van der Waals surface area contributed by atoms with E-state index < -0.39 is 15.0 Å². The van der Waals surface area contributed by atoms with Crippen molar-refractivity contribution >= 4 is 50.8 Å². The van der Waals surface area contributed by atoms with Gasteiger partial charge in [-0.2, -0.15) is 38.9 Å². The number of benzene rings is 2. The van der Waals surface area contributed by atoms with Gasteiger partial charge in [-0.1, -0.05) is 48.5 Å². The molecule has 0 aliphatic carbocycles. The number of carbonyl (C=O) groups is 2. The lowest BCUT2D eigenvalue weighted by atomic mass is 10.0. The second kappa shape index (κ2) is 23.0. The molecule has 0 bridgehead atoms. The first kappa shape index (κ1) is 49.3. The highest BCUT2D eigenvalue weighted by molar-refractivity contribution is 7.90. The largest absolute Gasteiger partial charge is 0.461 e. The van der Waals surface area contributed by atoms with E-state index in [1.54, 1.807) is 55.3 Å². The highest BCUT2D eigenvalue weighted by Crippen LogP contribution is 2.20. The normalized spacial score (nSPS) is 11.1. The quantitative estimate of drug-likeness (QED) is 0.0978. The van der Waals surface area contributed by atoms with Crippen molar-refractivity contribution in [1.82, 2.24) is 59.1 Å². The SMILES string of the molecule is CS(=O)(=O)c1nc(N)n2nc(-c3ccco3)nc2n1.NCCc1ccc(CC(=O)Cc2ccncc2)cc1.Nc1nc(NCCc2ccc(CC(=O)Cc3ccncc3)cc2)nc2nc(-c3ccco3)nn12. The van der Waals surface area contributed by atoms with E-state index in [0.717, 1.165) is 51.4 Å². The van der Waals surface area contributed by atoms with Crippen LogP contribution in [0.2, 0.25) is 0 Å². The van der Waals surface area contributed by atoms with Crippen LogP contribution in [0.3, 0.4) is 0 Å². The average molecular weight is 989 g/mol. The lowest BCUT2D eigenvalue weighted by Crippen LogP contribution is -2.12. The van der Waals surface area contributed by atoms with Gasteiger partial charge in [0.05, 0.1) is 12.5 Å². The van der Waals surface area contributed by atoms with E-state index in [-0.39, 0.29) is 35.1 Å². The van der Waals surface area contributed by atoms with Crippen LogP contribution < -0.4 is 22.5 Å². The highest BCUT2D eigenvalue weighted by atomic mass is 32.2. The van der Waals surface area contributed by atoms with Gasteiger partial charge in [-0.3, -0.25) is 19.6 Å². The van der Waals surface area contributed by atoms with Gasteiger partial charge < -0.3 is 31.4 Å². The predicted molar refractivity (Wildman–Crippen MR) is 266 cm³/mol. The summed E-state index contributed by atoms with van der Waals surface area (Å²) >= 11 is 0. The van der Waals surface area contributed by atoms with E-state index in [1.165, 1.54) is 16.3 Å². The minimum atomic E-state index is -3.57. The maximum Gasteiger partial charge on any atom is 0.259 e. The number of aromatic nitrogens is 12. The average Bonchev–Trinajstić information content (AvgIpc) is 4.22. The Labute approximate surface area is 411 Å². The van der Waals surface area contributed by atoms with Crippen molar-refractivity contribution in [3.8, 4) is 23.2 Å². The number of sulfone groups is 1. The zero-order valence-electron chi connectivity index (χ0n) is 38.8. The first-order valence-electron chi connectivity index (χ1n) is 22.4. The maximum absolute atomic E-state index is 12.3. The van der Waals surface area contributed by atoms with Gasteiger partial charge in [0, 0.05) is 63.3 Å². The number of rotatable bonds is 17. The molecule has 0 radical (unpaired) electrons. The minimum absolute atomic E-state index is 0.0410. The molecule has 22 nitrogen and oxygen atoms in total. The summed E-state index contributed by atoms with van der Waals surface area (Å²) in [6.07, 6.45) is 14.2. The number of nitrogen functional groups attached to an aromatic ring is 2. The van der Waals surface area contributed by atoms with Crippen LogP contribution in [0.1, 0.15) is 33.4 Å². The molecule has 0 atom stereocenters. The number of hydrogen-bond acceptors (Lipinski definition) is 20. The number of pyridine rings is 2. The summed E-state index contributed by atoms with van der Waals surface area (Å²) in [6, 6.07) is 30.5. The molecule has 0 spiro atoms. The number of Topliss-reactive ketones (excluding diaryl/α,β-unsaturated/α-hetero) is 2. The molecule has 366 valence electrons. The fourth-order valence-corrected chi connectivity index (χ4v) is 7.53. The molecule has 8 aromatic heterocycles. The predicted octanol–water partition coefficient (Wildman–Crippen LogP) is 4.47. The summed E-state index contributed by atoms with van der Waals surface area (Å²) in [4.78, 5) is 56.7. The van der Waals surface area contributed by atoms with Crippen LogP contribution in [0.4, 0.5) is 17.8 Å². The number of anilines is 3. The standard InChI is InChI=1S/C24H22N8O2.C16H18N2O.C9H8N6O3S/c25-22-29-23(30-24-28-21(31-32(22)24)20-2-1-13-34-20)27-12-9-16-3-5-17(6-4-16)14-19(33)15-18-7-10-26-11-8-18;17-8-5-13-1-3-14(4-2-13)11-16(19)12-15-6-9-18-10-7-15;1-19(16,17)9-12-7(10)15-8(13-9)11-6(14-15)5-3-2-4-18-5/h1-8,10-11,13H,9,12,14-15H2,(H3,25,27,28,29,30,31);1-4,6-7,9-10H,5,8,11-12,17H2;2-4H,1H3,(H2,10,11,12,13,14). The third-order valence-corrected chi connectivity index (χ3v) is 11.4. The van der Waals surface area contributed by atoms with E-state index in [4.69, 9.17) is 26.0 Å². The van der Waals surface area contributed by atoms with E-state index in [1.807, 2.05) is 72.8 Å². The van der Waals surface area contributed by atoms with E-state index in [9.17, 15) is 18.0 Å². The van der Waals surface area contributed by atoms with Crippen molar-refractivity contribution in [2.45, 2.75) is 43.7 Å². The summed E-state index contributed by atoms with van der Waals surface area (Å²) in [5, 5.41) is 11.1. The van der Waals surface area contributed by atoms with Crippen LogP contribution >= 0.6 is 0 Å². The number of carbonyl (C=O) groups excluding carboxylic acids is 2. The molecule has 0 amide bonds. The lowest BCUT2D eigenvalue weighted by molar-refractivity contribution is -0.118. The molecule has 2 aromatic carbocycles. The van der Waals surface area contributed by atoms with Crippen LogP contribution in [0, 0.1) is 0 Å². The van der Waals surface area contributed by atoms with Crippen molar-refractivity contribution in [1.29, 1.82) is 0 Å². The zero-order valence-corrected chi connectivity index (χ0v) is 39.6. The van der Waals surface area contributed by atoms with Gasteiger partial charge in [0.2, 0.25) is 39.3 Å². The molecule has 7 N–H and O–H groups in total. The molecule has 72 heavy (non-hydrogen) atoms. The highest BCUT2D eigenvalue weighted by Gasteiger charge is 2.19. The van der Waals surface area contributed by atoms with Crippen LogP contribution in [-0.4, -0.2) is 98.4 Å². The fraction of sp³-hybridized carbons (Fsp3) is 0.184. The van der Waals surface area contributed by atoms with Gasteiger partial charge >= 0.3 is 0 Å². The van der Waals surface area contributed by atoms with E-state index >= 15 is 0 Å². The molecular formula is C49H48N16O6S. The molecule has 0 unspecified atom stereocenters. The number of nitrogens with one attached hydrogen (secondary N) is 1. The molecule has 23 heteroatoms. The number of ketones is 2. The molecule has 0 aliphatic rings. The molecule has 10 aromatic rings. The molecule has 8 heterocycles. The molecular weight excluding hydrogens is 941 g/mol. The summed E-state index contributed by atoms with van der Waals surface area (Å²) in [6.45, 7) is 1.26. The van der Waals surface area contributed by atoms with Crippen molar-refractivity contribution in [2.75, 3.05) is 36.1 Å². The Morgan fingerprint density at radius 1 is 0.556 bits per heavy atom. The van der Waals surface area contributed by atoms with Crippen LogP contribution in [0.5, 0.6) is 0 Å². The number of nitrogens with two attached hydrogens (primary N) is 3. The topological polar surface area (TPSA) is 322 Å². The Bertz CT molecular complexity index is 3480. The van der Waals surface area contributed by atoms with E-state index in [0.29, 0.717) is 67.8 Å². The van der Waals surface area contributed by atoms with Crippen LogP contribution in [0.25, 0.3) is 34.7 Å². The smallest absolute Gasteiger partial charge is 0.259 e. The van der Waals surface area contributed by atoms with E-state index in [2.05, 4.69) is 55.4 Å². The monoisotopic (exact) mass is 988 g/mol. The lowest BCUT2D eigenvalue weighted by Gasteiger charge is -2.07. The van der Waals surface area contributed by atoms with Crippen molar-refractivity contribution in [2.24, 2.45) is 5.73 Å². The number of fused-ring (bicyclic) bond motifs is 2. The maximum atomic E-state index is 12.3. The minimum Gasteiger partial charge on any atom is -0.461 e. The second-order valence-electron chi connectivity index (χ2n) is 16.1. The van der Waals surface area contributed by atoms with Crippen molar-refractivity contribution < 1.29 is 26.8 Å². The first-order chi connectivity index (χ1) is 34.9. The Hall–Kier alpha value is -9.09. The Balaban J connectivity index is 0.000000156. The van der Waals surface area contributed by atoms with Crippen molar-refractivity contribution in [3.05, 3.63) is 168 Å². The molecule has 0 saturated heterocycles. The number of hydrogen-bond donors (Lipinski definition) is 4. The number of nitrogens with zero attached hydrogens (tertiary/aromatic N) is 12. The van der Waals surface area contributed by atoms with Crippen molar-refractivity contribution in [3.63, 3.8) is 0 Å².